The molecule has 0 aromatic rings. The third-order valence-corrected chi connectivity index (χ3v) is 6.27. The molecule has 2 N–H and O–H groups in total. The summed E-state index contributed by atoms with van der Waals surface area (Å²) in [6.07, 6.45) is 5.41. The SMILES string of the molecule is C[C@@H]1COCCOCCN2CCC(C2)C2NNC3CCC(CC32)O1. The Balaban J connectivity index is 1.42. The zero-order valence-corrected chi connectivity index (χ0v) is 14.9. The van der Waals surface area contributed by atoms with Gasteiger partial charge in [0.2, 0.25) is 0 Å². The van der Waals surface area contributed by atoms with Crippen molar-refractivity contribution >= 4 is 0 Å². The molecule has 6 nitrogen and oxygen atoms in total. The molecule has 4 rings (SSSR count). The highest BCUT2D eigenvalue weighted by Crippen LogP contribution is 2.37. The van der Waals surface area contributed by atoms with E-state index in [1.54, 1.807) is 0 Å². The fourth-order valence-corrected chi connectivity index (χ4v) is 5.03. The van der Waals surface area contributed by atoms with Gasteiger partial charge in [0.15, 0.2) is 0 Å². The number of hydrazine groups is 1. The van der Waals surface area contributed by atoms with Crippen LogP contribution in [0.25, 0.3) is 0 Å². The first-order valence-corrected chi connectivity index (χ1v) is 9.84. The molecule has 6 heteroatoms. The number of rotatable bonds is 0. The zero-order chi connectivity index (χ0) is 16.4. The second kappa shape index (κ2) is 7.98. The van der Waals surface area contributed by atoms with Gasteiger partial charge in [-0.25, -0.2) is 0 Å². The summed E-state index contributed by atoms with van der Waals surface area (Å²) < 4.78 is 17.7. The Morgan fingerprint density at radius 1 is 0.958 bits per heavy atom. The average Bonchev–Trinajstić information content (AvgIpc) is 3.19. The highest BCUT2D eigenvalue weighted by Gasteiger charge is 2.45. The summed E-state index contributed by atoms with van der Waals surface area (Å²) in [5, 5.41) is 0. The second-order valence-corrected chi connectivity index (χ2v) is 8.00. The Labute approximate surface area is 145 Å². The Morgan fingerprint density at radius 2 is 1.88 bits per heavy atom. The molecule has 3 aliphatic heterocycles. The van der Waals surface area contributed by atoms with Gasteiger partial charge in [0.1, 0.15) is 0 Å². The normalized spacial score (nSPS) is 47.6. The van der Waals surface area contributed by atoms with Gasteiger partial charge in [0, 0.05) is 25.2 Å². The van der Waals surface area contributed by atoms with E-state index in [2.05, 4.69) is 22.7 Å². The van der Waals surface area contributed by atoms with Crippen molar-refractivity contribution in [2.75, 3.05) is 46.1 Å². The fraction of sp³-hybridized carbons (Fsp3) is 1.00. The minimum atomic E-state index is 0.169. The van der Waals surface area contributed by atoms with Crippen LogP contribution in [-0.4, -0.2) is 75.3 Å². The van der Waals surface area contributed by atoms with Crippen LogP contribution in [-0.2, 0) is 14.2 Å². The lowest BCUT2D eigenvalue weighted by atomic mass is 9.76. The predicted octanol–water partition coefficient (Wildman–Crippen LogP) is 0.774. The fourth-order valence-electron chi connectivity index (χ4n) is 5.03. The summed E-state index contributed by atoms with van der Waals surface area (Å²) in [6, 6.07) is 1.21. The van der Waals surface area contributed by atoms with Gasteiger partial charge >= 0.3 is 0 Å². The molecule has 138 valence electrons. The van der Waals surface area contributed by atoms with Crippen molar-refractivity contribution in [2.24, 2.45) is 11.8 Å². The van der Waals surface area contributed by atoms with Crippen molar-refractivity contribution in [1.82, 2.24) is 15.8 Å². The van der Waals surface area contributed by atoms with Crippen molar-refractivity contribution in [2.45, 2.75) is 56.9 Å². The molecule has 3 saturated heterocycles. The molecule has 4 aliphatic rings. The highest BCUT2D eigenvalue weighted by atomic mass is 16.6. The predicted molar refractivity (Wildman–Crippen MR) is 91.7 cm³/mol. The zero-order valence-electron chi connectivity index (χ0n) is 14.9. The maximum Gasteiger partial charge on any atom is 0.0784 e. The average molecular weight is 339 g/mol. The largest absolute Gasteiger partial charge is 0.378 e. The van der Waals surface area contributed by atoms with Gasteiger partial charge in [-0.05, 0) is 51.0 Å². The summed E-state index contributed by atoms with van der Waals surface area (Å²) in [7, 11) is 0. The molecule has 3 heterocycles. The van der Waals surface area contributed by atoms with E-state index >= 15 is 0 Å². The molecule has 0 aromatic carbocycles. The van der Waals surface area contributed by atoms with E-state index in [1.165, 1.54) is 32.4 Å². The minimum absolute atomic E-state index is 0.169. The summed E-state index contributed by atoms with van der Waals surface area (Å²) >= 11 is 0. The molecule has 4 bridgehead atoms. The van der Waals surface area contributed by atoms with E-state index in [0.29, 0.717) is 43.9 Å². The van der Waals surface area contributed by atoms with Crippen LogP contribution in [0.4, 0.5) is 0 Å². The number of ether oxygens (including phenoxy) is 3. The van der Waals surface area contributed by atoms with Crippen molar-refractivity contribution in [3.63, 3.8) is 0 Å². The first-order chi connectivity index (χ1) is 11.8. The number of nitrogens with one attached hydrogen (secondary N) is 2. The first-order valence-electron chi connectivity index (χ1n) is 9.84. The van der Waals surface area contributed by atoms with Gasteiger partial charge in [-0.15, -0.1) is 0 Å². The molecule has 6 unspecified atom stereocenters. The van der Waals surface area contributed by atoms with E-state index in [9.17, 15) is 0 Å². The van der Waals surface area contributed by atoms with E-state index in [-0.39, 0.29) is 6.10 Å². The molecule has 1 aliphatic carbocycles. The minimum Gasteiger partial charge on any atom is -0.378 e. The van der Waals surface area contributed by atoms with Crippen LogP contribution in [0, 0.1) is 11.8 Å². The van der Waals surface area contributed by atoms with Crippen molar-refractivity contribution in [3.05, 3.63) is 0 Å². The Hall–Kier alpha value is -0.240. The summed E-state index contributed by atoms with van der Waals surface area (Å²) in [5.41, 5.74) is 7.22. The third-order valence-electron chi connectivity index (χ3n) is 6.27. The Kier molecular flexibility index (Phi) is 5.71. The Morgan fingerprint density at radius 3 is 2.83 bits per heavy atom. The maximum atomic E-state index is 6.29. The summed E-state index contributed by atoms with van der Waals surface area (Å²) in [4.78, 5) is 2.56. The monoisotopic (exact) mass is 339 g/mol. The molecule has 0 spiro atoms. The van der Waals surface area contributed by atoms with Crippen LogP contribution in [0.15, 0.2) is 0 Å². The Bertz CT molecular complexity index is 411. The molecule has 4 fully saturated rings. The molecule has 0 amide bonds. The lowest BCUT2D eigenvalue weighted by Crippen LogP contribution is -2.42. The molecular formula is C18H33N3O3. The molecule has 0 radical (unpaired) electrons. The van der Waals surface area contributed by atoms with Crippen LogP contribution in [0.3, 0.4) is 0 Å². The van der Waals surface area contributed by atoms with Gasteiger partial charge in [0.25, 0.3) is 0 Å². The van der Waals surface area contributed by atoms with Gasteiger partial charge in [-0.3, -0.25) is 10.9 Å². The van der Waals surface area contributed by atoms with Crippen molar-refractivity contribution in [3.8, 4) is 0 Å². The van der Waals surface area contributed by atoms with Gasteiger partial charge < -0.3 is 19.1 Å². The molecular weight excluding hydrogens is 306 g/mol. The standard InChI is InChI=1S/C18H33N3O3/c1-13-12-23-9-8-22-7-6-21-5-4-14(11-21)18-16-10-15(24-13)2-3-17(16)19-20-18/h13-20H,2-12H2,1H3/t13-,14?,15?,16?,17?,18?/m1/s1. The van der Waals surface area contributed by atoms with Gasteiger partial charge in [-0.2, -0.15) is 0 Å². The number of nitrogens with zero attached hydrogens (tertiary/aromatic N) is 1. The lowest BCUT2D eigenvalue weighted by Gasteiger charge is -2.36. The maximum absolute atomic E-state index is 6.29. The van der Waals surface area contributed by atoms with Crippen LogP contribution >= 0.6 is 0 Å². The number of hydrogen-bond acceptors (Lipinski definition) is 6. The topological polar surface area (TPSA) is 55.0 Å². The smallest absolute Gasteiger partial charge is 0.0784 e. The van der Waals surface area contributed by atoms with Gasteiger partial charge in [-0.1, -0.05) is 0 Å². The van der Waals surface area contributed by atoms with Crippen LogP contribution in [0.1, 0.15) is 32.6 Å². The number of fused-ring (bicyclic) bond motifs is 4. The van der Waals surface area contributed by atoms with E-state index in [1.807, 2.05) is 0 Å². The summed E-state index contributed by atoms with van der Waals surface area (Å²) in [6.45, 7) is 8.42. The lowest BCUT2D eigenvalue weighted by molar-refractivity contribution is -0.0760. The van der Waals surface area contributed by atoms with Gasteiger partial charge in [0.05, 0.1) is 38.6 Å². The molecule has 0 aromatic heterocycles. The summed E-state index contributed by atoms with van der Waals surface area (Å²) in [5.74, 6) is 1.45. The molecule has 7 atom stereocenters. The number of hydrogen-bond donors (Lipinski definition) is 2. The van der Waals surface area contributed by atoms with E-state index in [0.717, 1.165) is 25.5 Å². The molecule has 24 heavy (non-hydrogen) atoms. The van der Waals surface area contributed by atoms with Crippen molar-refractivity contribution < 1.29 is 14.2 Å². The van der Waals surface area contributed by atoms with Crippen LogP contribution < -0.4 is 10.9 Å². The quantitative estimate of drug-likeness (QED) is 0.680. The second-order valence-electron chi connectivity index (χ2n) is 8.00. The first kappa shape index (κ1) is 17.2. The molecule has 1 saturated carbocycles. The van der Waals surface area contributed by atoms with E-state index < -0.39 is 0 Å². The van der Waals surface area contributed by atoms with Crippen LogP contribution in [0.2, 0.25) is 0 Å². The highest BCUT2D eigenvalue weighted by molar-refractivity contribution is 5.00. The third kappa shape index (κ3) is 3.94. The van der Waals surface area contributed by atoms with E-state index in [4.69, 9.17) is 14.2 Å². The van der Waals surface area contributed by atoms with Crippen LogP contribution in [0.5, 0.6) is 0 Å². The van der Waals surface area contributed by atoms with Crippen molar-refractivity contribution in [1.29, 1.82) is 0 Å².